The quantitative estimate of drug-likeness (QED) is 0.489. The molecule has 3 rings (SSSR count). The summed E-state index contributed by atoms with van der Waals surface area (Å²) in [6, 6.07) is 21.8. The van der Waals surface area contributed by atoms with Crippen molar-refractivity contribution in [3.05, 3.63) is 66.2 Å². The van der Waals surface area contributed by atoms with Gasteiger partial charge in [-0.15, -0.1) is 0 Å². The highest BCUT2D eigenvalue weighted by Crippen LogP contribution is 2.27. The molecule has 0 radical (unpaired) electrons. The molecule has 0 aliphatic heterocycles. The van der Waals surface area contributed by atoms with Gasteiger partial charge in [-0.1, -0.05) is 62.2 Å². The highest BCUT2D eigenvalue weighted by atomic mass is 16.5. The maximum atomic E-state index is 5.29. The van der Waals surface area contributed by atoms with Crippen LogP contribution in [0.25, 0.3) is 21.9 Å². The Hall–Kier alpha value is -2.28. The molecule has 1 nitrogen and oxygen atoms in total. The van der Waals surface area contributed by atoms with E-state index in [1.54, 1.807) is 7.11 Å². The first-order valence-electron chi connectivity index (χ1n) is 8.47. The van der Waals surface area contributed by atoms with E-state index in [1.807, 2.05) is 6.07 Å². The van der Waals surface area contributed by atoms with E-state index in [0.29, 0.717) is 0 Å². The number of hydrogen-bond donors (Lipinski definition) is 0. The summed E-state index contributed by atoms with van der Waals surface area (Å²) in [5.74, 6) is 0.904. The first-order chi connectivity index (χ1) is 11.3. The van der Waals surface area contributed by atoms with Gasteiger partial charge in [-0.3, -0.25) is 0 Å². The van der Waals surface area contributed by atoms with Crippen LogP contribution in [0.15, 0.2) is 60.7 Å². The Morgan fingerprint density at radius 3 is 2.17 bits per heavy atom. The lowest BCUT2D eigenvalue weighted by molar-refractivity contribution is 0.415. The topological polar surface area (TPSA) is 9.23 Å². The molecule has 23 heavy (non-hydrogen) atoms. The normalized spacial score (nSPS) is 10.9. The van der Waals surface area contributed by atoms with E-state index in [9.17, 15) is 0 Å². The van der Waals surface area contributed by atoms with Crippen LogP contribution in [0.5, 0.6) is 5.75 Å². The van der Waals surface area contributed by atoms with E-state index in [-0.39, 0.29) is 0 Å². The molecule has 118 valence electrons. The Morgan fingerprint density at radius 1 is 0.739 bits per heavy atom. The molecule has 0 aliphatic rings. The third-order valence-corrected chi connectivity index (χ3v) is 4.40. The van der Waals surface area contributed by atoms with Crippen molar-refractivity contribution in [2.24, 2.45) is 0 Å². The lowest BCUT2D eigenvalue weighted by Crippen LogP contribution is -1.86. The number of fused-ring (bicyclic) bond motifs is 1. The highest BCUT2D eigenvalue weighted by Gasteiger charge is 2.02. The predicted octanol–water partition coefficient (Wildman–Crippen LogP) is 6.25. The van der Waals surface area contributed by atoms with Crippen LogP contribution < -0.4 is 4.74 Å². The first-order valence-corrected chi connectivity index (χ1v) is 8.47. The second-order valence-corrected chi connectivity index (χ2v) is 6.08. The molecule has 0 saturated carbocycles. The SMILES string of the molecule is CCCCCc1ccc(-c2ccc3cc(OC)ccc3c2)cc1. The average molecular weight is 304 g/mol. The van der Waals surface area contributed by atoms with Crippen molar-refractivity contribution in [3.63, 3.8) is 0 Å². The fourth-order valence-electron chi connectivity index (χ4n) is 2.97. The third kappa shape index (κ3) is 3.73. The van der Waals surface area contributed by atoms with E-state index in [0.717, 1.165) is 5.75 Å². The smallest absolute Gasteiger partial charge is 0.119 e. The summed E-state index contributed by atoms with van der Waals surface area (Å²) >= 11 is 0. The van der Waals surface area contributed by atoms with Crippen molar-refractivity contribution in [2.45, 2.75) is 32.6 Å². The zero-order valence-corrected chi connectivity index (χ0v) is 14.0. The summed E-state index contributed by atoms with van der Waals surface area (Å²) < 4.78 is 5.29. The molecule has 0 unspecified atom stereocenters. The molecule has 0 atom stereocenters. The van der Waals surface area contributed by atoms with Gasteiger partial charge < -0.3 is 4.74 Å². The first kappa shape index (κ1) is 15.6. The molecular weight excluding hydrogens is 280 g/mol. The maximum Gasteiger partial charge on any atom is 0.119 e. The Kier molecular flexibility index (Phi) is 4.97. The number of methoxy groups -OCH3 is 1. The summed E-state index contributed by atoms with van der Waals surface area (Å²) in [6.07, 6.45) is 5.06. The number of ether oxygens (including phenoxy) is 1. The molecule has 0 aliphatic carbocycles. The molecule has 0 heterocycles. The molecule has 3 aromatic rings. The minimum absolute atomic E-state index is 0.904. The van der Waals surface area contributed by atoms with Crippen molar-refractivity contribution < 1.29 is 4.74 Å². The van der Waals surface area contributed by atoms with Crippen LogP contribution in [0.3, 0.4) is 0 Å². The van der Waals surface area contributed by atoms with Crippen LogP contribution in [-0.4, -0.2) is 7.11 Å². The molecule has 3 aromatic carbocycles. The summed E-state index contributed by atoms with van der Waals surface area (Å²) in [6.45, 7) is 2.25. The van der Waals surface area contributed by atoms with Crippen molar-refractivity contribution in [2.75, 3.05) is 7.11 Å². The van der Waals surface area contributed by atoms with E-state index < -0.39 is 0 Å². The maximum absolute atomic E-state index is 5.29. The zero-order valence-electron chi connectivity index (χ0n) is 14.0. The summed E-state index contributed by atoms with van der Waals surface area (Å²) in [5.41, 5.74) is 3.98. The van der Waals surface area contributed by atoms with Crippen molar-refractivity contribution in [1.82, 2.24) is 0 Å². The highest BCUT2D eigenvalue weighted by molar-refractivity contribution is 5.88. The van der Waals surface area contributed by atoms with Crippen LogP contribution in [0.1, 0.15) is 31.7 Å². The average Bonchev–Trinajstić information content (AvgIpc) is 2.61. The molecule has 0 amide bonds. The fourth-order valence-corrected chi connectivity index (χ4v) is 2.97. The summed E-state index contributed by atoms with van der Waals surface area (Å²) in [5, 5.41) is 2.46. The Morgan fingerprint density at radius 2 is 1.43 bits per heavy atom. The monoisotopic (exact) mass is 304 g/mol. The van der Waals surface area contributed by atoms with E-state index in [2.05, 4.69) is 61.5 Å². The van der Waals surface area contributed by atoms with E-state index in [4.69, 9.17) is 4.74 Å². The van der Waals surface area contributed by atoms with Gasteiger partial charge in [0, 0.05) is 0 Å². The van der Waals surface area contributed by atoms with E-state index in [1.165, 1.54) is 53.1 Å². The Labute approximate surface area is 138 Å². The van der Waals surface area contributed by atoms with Crippen LogP contribution >= 0.6 is 0 Å². The molecular formula is C22H24O. The molecule has 0 fully saturated rings. The van der Waals surface area contributed by atoms with Gasteiger partial charge in [0.1, 0.15) is 5.75 Å². The number of hydrogen-bond acceptors (Lipinski definition) is 1. The van der Waals surface area contributed by atoms with Crippen LogP contribution in [0, 0.1) is 0 Å². The fraction of sp³-hybridized carbons (Fsp3) is 0.273. The van der Waals surface area contributed by atoms with Crippen molar-refractivity contribution >= 4 is 10.8 Å². The van der Waals surface area contributed by atoms with Gasteiger partial charge in [-0.25, -0.2) is 0 Å². The molecule has 0 saturated heterocycles. The minimum atomic E-state index is 0.904. The molecule has 0 bridgehead atoms. The number of rotatable bonds is 6. The second-order valence-electron chi connectivity index (χ2n) is 6.08. The van der Waals surface area contributed by atoms with Crippen molar-refractivity contribution in [1.29, 1.82) is 0 Å². The standard InChI is InChI=1S/C22H24O/c1-3-4-5-6-17-7-9-18(10-8-17)19-11-12-21-16-22(23-2)14-13-20(21)15-19/h7-16H,3-6H2,1-2H3. The van der Waals surface area contributed by atoms with Gasteiger partial charge in [0.05, 0.1) is 7.11 Å². The van der Waals surface area contributed by atoms with E-state index >= 15 is 0 Å². The van der Waals surface area contributed by atoms with Crippen molar-refractivity contribution in [3.8, 4) is 16.9 Å². The molecule has 1 heteroatoms. The molecule has 0 N–H and O–H groups in total. The van der Waals surface area contributed by atoms with Gasteiger partial charge >= 0.3 is 0 Å². The van der Waals surface area contributed by atoms with Gasteiger partial charge in [0.15, 0.2) is 0 Å². The van der Waals surface area contributed by atoms with Gasteiger partial charge in [0.2, 0.25) is 0 Å². The van der Waals surface area contributed by atoms with Gasteiger partial charge in [-0.2, -0.15) is 0 Å². The zero-order chi connectivity index (χ0) is 16.1. The molecule has 0 aromatic heterocycles. The number of benzene rings is 3. The lowest BCUT2D eigenvalue weighted by atomic mass is 9.99. The number of aryl methyl sites for hydroxylation is 1. The number of unbranched alkanes of at least 4 members (excludes halogenated alkanes) is 2. The summed E-state index contributed by atoms with van der Waals surface area (Å²) in [4.78, 5) is 0. The molecule has 0 spiro atoms. The Bertz CT molecular complexity index is 772. The summed E-state index contributed by atoms with van der Waals surface area (Å²) in [7, 11) is 1.71. The third-order valence-electron chi connectivity index (χ3n) is 4.40. The van der Waals surface area contributed by atoms with Crippen LogP contribution in [0.4, 0.5) is 0 Å². The lowest BCUT2D eigenvalue weighted by Gasteiger charge is -2.07. The second kappa shape index (κ2) is 7.32. The van der Waals surface area contributed by atoms with Gasteiger partial charge in [-0.05, 0) is 58.5 Å². The van der Waals surface area contributed by atoms with Crippen LogP contribution in [-0.2, 0) is 6.42 Å². The van der Waals surface area contributed by atoms with Gasteiger partial charge in [0.25, 0.3) is 0 Å². The van der Waals surface area contributed by atoms with Crippen LogP contribution in [0.2, 0.25) is 0 Å². The Balaban J connectivity index is 1.82. The minimum Gasteiger partial charge on any atom is -0.497 e. The predicted molar refractivity (Wildman–Crippen MR) is 99.2 cm³/mol. The largest absolute Gasteiger partial charge is 0.497 e.